The summed E-state index contributed by atoms with van der Waals surface area (Å²) in [6, 6.07) is 0. The summed E-state index contributed by atoms with van der Waals surface area (Å²) in [6.07, 6.45) is 17.1. The normalized spacial score (nSPS) is 32.0. The maximum atomic E-state index is 13.8. The van der Waals surface area contributed by atoms with E-state index in [4.69, 9.17) is 9.05 Å². The minimum absolute atomic E-state index is 0.143. The number of aliphatic hydroxyl groups is 2. The number of unbranched alkanes of at least 4 members (excludes halogenated alkanes) is 2. The molecule has 7 heteroatoms. The first-order valence-electron chi connectivity index (χ1n) is 16.6. The van der Waals surface area contributed by atoms with Gasteiger partial charge in [-0.2, -0.15) is 0 Å². The fraction of sp³-hybridized carbons (Fsp3) is 0.743. The summed E-state index contributed by atoms with van der Waals surface area (Å²) >= 11 is 0. The molecule has 3 aliphatic carbocycles. The SMILES string of the molecule is C=C1/C(=C\C=C2/CCC[C@@]3(C)C2CC[C@@H]3[C@H](C)/C=C/C(=O)C(CC)P(=O)(OCCCC)OCCCC)C[C@@H](O)C[C@@H]1O. The van der Waals surface area contributed by atoms with Gasteiger partial charge in [-0.15, -0.1) is 0 Å². The van der Waals surface area contributed by atoms with Crippen LogP contribution < -0.4 is 0 Å². The molecule has 3 fully saturated rings. The van der Waals surface area contributed by atoms with Crippen LogP contribution in [0.15, 0.2) is 47.6 Å². The Morgan fingerprint density at radius 3 is 2.40 bits per heavy atom. The average Bonchev–Trinajstić information content (AvgIpc) is 3.31. The lowest BCUT2D eigenvalue weighted by molar-refractivity contribution is -0.114. The third-order valence-electron chi connectivity index (χ3n) is 10.1. The maximum Gasteiger partial charge on any atom is 0.341 e. The first-order valence-corrected chi connectivity index (χ1v) is 18.2. The van der Waals surface area contributed by atoms with Gasteiger partial charge in [0, 0.05) is 6.42 Å². The van der Waals surface area contributed by atoms with Crippen molar-refractivity contribution in [2.24, 2.45) is 23.2 Å². The Morgan fingerprint density at radius 2 is 1.79 bits per heavy atom. The molecule has 0 radical (unpaired) electrons. The number of allylic oxidation sites excluding steroid dienone is 5. The van der Waals surface area contributed by atoms with Crippen LogP contribution in [0, 0.1) is 23.2 Å². The third kappa shape index (κ3) is 8.45. The minimum Gasteiger partial charge on any atom is -0.393 e. The van der Waals surface area contributed by atoms with Crippen LogP contribution in [0.25, 0.3) is 0 Å². The molecule has 42 heavy (non-hydrogen) atoms. The highest BCUT2D eigenvalue weighted by Gasteiger charge is 2.50. The molecular weight excluding hydrogens is 547 g/mol. The van der Waals surface area contributed by atoms with E-state index in [1.165, 1.54) is 5.57 Å². The summed E-state index contributed by atoms with van der Waals surface area (Å²) in [5.74, 6) is 0.982. The number of rotatable bonds is 15. The second kappa shape index (κ2) is 16.1. The molecule has 0 bridgehead atoms. The van der Waals surface area contributed by atoms with Gasteiger partial charge in [-0.1, -0.05) is 77.8 Å². The Labute approximate surface area is 255 Å². The number of hydrogen-bond donors (Lipinski definition) is 2. The molecule has 0 aromatic rings. The highest BCUT2D eigenvalue weighted by atomic mass is 31.2. The first kappa shape index (κ1) is 35.2. The van der Waals surface area contributed by atoms with Gasteiger partial charge >= 0.3 is 7.60 Å². The van der Waals surface area contributed by atoms with E-state index in [9.17, 15) is 19.6 Å². The van der Waals surface area contributed by atoms with Crippen molar-refractivity contribution in [3.05, 3.63) is 47.6 Å². The lowest BCUT2D eigenvalue weighted by Gasteiger charge is -2.44. The van der Waals surface area contributed by atoms with E-state index in [0.717, 1.165) is 68.9 Å². The Hall–Kier alpha value is -1.30. The highest BCUT2D eigenvalue weighted by Crippen LogP contribution is 2.60. The minimum atomic E-state index is -3.56. The van der Waals surface area contributed by atoms with Crippen LogP contribution in [0.1, 0.15) is 112 Å². The standard InChI is InChI=1S/C35H57O6P/c1-7-10-21-40-42(39,41-22-11-8-2)34(9-3)32(37)19-14-25(4)30-17-18-31-27(13-12-20-35(30,31)6)15-16-28-23-29(36)24-33(38)26(28)5/h14-16,19,25,29-31,33-34,36,38H,5,7-13,17-18,20-24H2,1-4,6H3/b19-14+,27-15+,28-16-/t25-,29-,30-,31?,33+,34?,35-/m1/s1. The van der Waals surface area contributed by atoms with Crippen molar-refractivity contribution in [1.82, 2.24) is 0 Å². The van der Waals surface area contributed by atoms with Crippen molar-refractivity contribution in [3.8, 4) is 0 Å². The lowest BCUT2D eigenvalue weighted by Crippen LogP contribution is -2.35. The number of carbonyl (C=O) groups is 1. The monoisotopic (exact) mass is 604 g/mol. The van der Waals surface area contributed by atoms with Gasteiger partial charge in [-0.3, -0.25) is 9.36 Å². The third-order valence-corrected chi connectivity index (χ3v) is 12.6. The van der Waals surface area contributed by atoms with Gasteiger partial charge in [-0.25, -0.2) is 0 Å². The summed E-state index contributed by atoms with van der Waals surface area (Å²) in [6.45, 7) is 15.4. The Kier molecular flexibility index (Phi) is 13.5. The van der Waals surface area contributed by atoms with E-state index in [0.29, 0.717) is 44.3 Å². The maximum absolute atomic E-state index is 13.8. The quantitative estimate of drug-likeness (QED) is 0.111. The van der Waals surface area contributed by atoms with E-state index >= 15 is 0 Å². The average molecular weight is 605 g/mol. The Bertz CT molecular complexity index is 1050. The molecule has 6 nitrogen and oxygen atoms in total. The van der Waals surface area contributed by atoms with Crippen molar-refractivity contribution in [1.29, 1.82) is 0 Å². The summed E-state index contributed by atoms with van der Waals surface area (Å²) < 4.78 is 25.4. The number of fused-ring (bicyclic) bond motifs is 1. The Morgan fingerprint density at radius 1 is 1.12 bits per heavy atom. The lowest BCUT2D eigenvalue weighted by atomic mass is 9.61. The fourth-order valence-corrected chi connectivity index (χ4v) is 9.62. The summed E-state index contributed by atoms with van der Waals surface area (Å²) in [5.41, 5.74) is 2.50. The van der Waals surface area contributed by atoms with Gasteiger partial charge in [0.15, 0.2) is 5.78 Å². The molecule has 2 unspecified atom stereocenters. The summed E-state index contributed by atoms with van der Waals surface area (Å²) in [4.78, 5) is 13.5. The van der Waals surface area contributed by atoms with Crippen LogP contribution in [0.5, 0.6) is 0 Å². The molecule has 0 amide bonds. The summed E-state index contributed by atoms with van der Waals surface area (Å²) in [7, 11) is -3.56. The van der Waals surface area contributed by atoms with E-state index in [-0.39, 0.29) is 17.1 Å². The molecule has 3 saturated carbocycles. The Balaban J connectivity index is 1.73. The smallest absolute Gasteiger partial charge is 0.341 e. The molecule has 0 aromatic carbocycles. The predicted octanol–water partition coefficient (Wildman–Crippen LogP) is 8.49. The van der Waals surface area contributed by atoms with Gasteiger partial charge in [0.2, 0.25) is 0 Å². The first-order chi connectivity index (χ1) is 20.0. The number of hydrogen-bond acceptors (Lipinski definition) is 6. The largest absolute Gasteiger partial charge is 0.393 e. The van der Waals surface area contributed by atoms with Gasteiger partial charge in [0.1, 0.15) is 5.66 Å². The predicted molar refractivity (Wildman–Crippen MR) is 171 cm³/mol. The number of carbonyl (C=O) groups excluding carboxylic acids is 1. The van der Waals surface area contributed by atoms with Gasteiger partial charge < -0.3 is 19.3 Å². The van der Waals surface area contributed by atoms with Crippen molar-refractivity contribution in [2.75, 3.05) is 13.2 Å². The van der Waals surface area contributed by atoms with Crippen LogP contribution in [-0.4, -0.2) is 47.1 Å². The zero-order valence-electron chi connectivity index (χ0n) is 26.9. The molecule has 238 valence electrons. The molecule has 3 aliphatic rings. The zero-order chi connectivity index (χ0) is 30.9. The van der Waals surface area contributed by atoms with Crippen LogP contribution in [0.2, 0.25) is 0 Å². The highest BCUT2D eigenvalue weighted by molar-refractivity contribution is 7.55. The molecule has 0 heterocycles. The second-order valence-electron chi connectivity index (χ2n) is 13.1. The summed E-state index contributed by atoms with van der Waals surface area (Å²) in [5, 5.41) is 20.4. The molecule has 0 aliphatic heterocycles. The number of ketones is 1. The second-order valence-corrected chi connectivity index (χ2v) is 15.3. The zero-order valence-corrected chi connectivity index (χ0v) is 27.7. The van der Waals surface area contributed by atoms with Crippen LogP contribution >= 0.6 is 7.60 Å². The van der Waals surface area contributed by atoms with E-state index < -0.39 is 25.5 Å². The molecule has 3 rings (SSSR count). The molecule has 7 atom stereocenters. The van der Waals surface area contributed by atoms with Crippen molar-refractivity contribution in [2.45, 2.75) is 130 Å². The fourth-order valence-electron chi connectivity index (χ4n) is 7.57. The van der Waals surface area contributed by atoms with E-state index in [1.807, 2.05) is 13.0 Å². The molecular formula is C35H57O6P. The molecule has 0 aromatic heterocycles. The molecule has 0 saturated heterocycles. The van der Waals surface area contributed by atoms with Gasteiger partial charge in [0.05, 0.1) is 25.4 Å². The van der Waals surface area contributed by atoms with Crippen LogP contribution in [0.4, 0.5) is 0 Å². The van der Waals surface area contributed by atoms with E-state index in [1.54, 1.807) is 6.08 Å². The van der Waals surface area contributed by atoms with Crippen molar-refractivity contribution >= 4 is 13.4 Å². The topological polar surface area (TPSA) is 93.1 Å². The molecule has 2 N–H and O–H groups in total. The van der Waals surface area contributed by atoms with Gasteiger partial charge in [-0.05, 0) is 98.2 Å². The van der Waals surface area contributed by atoms with Gasteiger partial charge in [0.25, 0.3) is 0 Å². The molecule has 0 spiro atoms. The van der Waals surface area contributed by atoms with Crippen LogP contribution in [0.3, 0.4) is 0 Å². The van der Waals surface area contributed by atoms with Crippen LogP contribution in [-0.2, 0) is 18.4 Å². The van der Waals surface area contributed by atoms with Crippen molar-refractivity contribution < 1.29 is 28.6 Å². The van der Waals surface area contributed by atoms with E-state index in [2.05, 4.69) is 46.4 Å². The van der Waals surface area contributed by atoms with Crippen molar-refractivity contribution in [3.63, 3.8) is 0 Å². The number of aliphatic hydroxyl groups excluding tert-OH is 2.